The van der Waals surface area contributed by atoms with Crippen molar-refractivity contribution < 1.29 is 14.3 Å². The monoisotopic (exact) mass is 310 g/mol. The third-order valence-electron chi connectivity index (χ3n) is 3.69. The van der Waals surface area contributed by atoms with E-state index < -0.39 is 6.10 Å². The summed E-state index contributed by atoms with van der Waals surface area (Å²) in [5, 5.41) is 2.82. The second-order valence-electron chi connectivity index (χ2n) is 5.38. The van der Waals surface area contributed by atoms with E-state index in [0.717, 1.165) is 5.69 Å². The van der Waals surface area contributed by atoms with Crippen LogP contribution in [0.5, 0.6) is 5.75 Å². The normalized spacial score (nSPS) is 16.5. The van der Waals surface area contributed by atoms with Gasteiger partial charge in [0, 0.05) is 18.7 Å². The van der Waals surface area contributed by atoms with Crippen molar-refractivity contribution >= 4 is 23.2 Å². The van der Waals surface area contributed by atoms with Gasteiger partial charge in [-0.25, -0.2) is 0 Å². The Hall–Kier alpha value is -2.82. The first-order valence-electron chi connectivity index (χ1n) is 7.57. The lowest BCUT2D eigenvalue weighted by atomic mass is 10.1. The van der Waals surface area contributed by atoms with Gasteiger partial charge in [-0.3, -0.25) is 9.59 Å². The fraction of sp³-hybridized carbons (Fsp3) is 0.222. The zero-order valence-electron chi connectivity index (χ0n) is 12.9. The highest BCUT2D eigenvalue weighted by molar-refractivity contribution is 6.00. The van der Waals surface area contributed by atoms with Crippen LogP contribution < -0.4 is 15.0 Å². The van der Waals surface area contributed by atoms with E-state index in [1.807, 2.05) is 54.6 Å². The Morgan fingerprint density at radius 1 is 1.13 bits per heavy atom. The first-order chi connectivity index (χ1) is 11.1. The maximum Gasteiger partial charge on any atom is 0.267 e. The lowest BCUT2D eigenvalue weighted by Crippen LogP contribution is -2.45. The van der Waals surface area contributed by atoms with Gasteiger partial charge in [-0.05, 0) is 31.2 Å². The number of fused-ring (bicyclic) bond motifs is 1. The molecule has 0 aromatic heterocycles. The molecule has 118 valence electrons. The van der Waals surface area contributed by atoms with E-state index >= 15 is 0 Å². The second kappa shape index (κ2) is 6.52. The summed E-state index contributed by atoms with van der Waals surface area (Å²) < 4.78 is 5.58. The number of carbonyl (C=O) groups excluding carboxylic acids is 2. The molecule has 1 heterocycles. The summed E-state index contributed by atoms with van der Waals surface area (Å²) in [6, 6.07) is 16.6. The van der Waals surface area contributed by atoms with Crippen LogP contribution in [-0.4, -0.2) is 24.5 Å². The van der Waals surface area contributed by atoms with E-state index in [4.69, 9.17) is 4.74 Å². The van der Waals surface area contributed by atoms with Crippen LogP contribution in [0.15, 0.2) is 54.6 Å². The van der Waals surface area contributed by atoms with Crippen LogP contribution in [0.4, 0.5) is 11.4 Å². The molecule has 1 aliphatic rings. The Labute approximate surface area is 134 Å². The minimum absolute atomic E-state index is 0.124. The summed E-state index contributed by atoms with van der Waals surface area (Å²) in [6.45, 7) is 2.04. The molecule has 1 atom stereocenters. The van der Waals surface area contributed by atoms with Crippen LogP contribution in [0.3, 0.4) is 0 Å². The number of ether oxygens (including phenoxy) is 1. The van der Waals surface area contributed by atoms with Gasteiger partial charge in [0.25, 0.3) is 5.91 Å². The molecule has 2 aromatic carbocycles. The average Bonchev–Trinajstić information content (AvgIpc) is 2.56. The number of benzene rings is 2. The number of nitrogens with one attached hydrogen (secondary N) is 1. The molecule has 2 aromatic rings. The number of anilines is 2. The van der Waals surface area contributed by atoms with E-state index in [-0.39, 0.29) is 18.2 Å². The molecule has 5 nitrogen and oxygen atoms in total. The molecule has 0 aliphatic carbocycles. The van der Waals surface area contributed by atoms with Gasteiger partial charge in [-0.1, -0.05) is 30.3 Å². The van der Waals surface area contributed by atoms with E-state index in [1.165, 1.54) is 0 Å². The average molecular weight is 310 g/mol. The van der Waals surface area contributed by atoms with Gasteiger partial charge >= 0.3 is 0 Å². The summed E-state index contributed by atoms with van der Waals surface area (Å²) >= 11 is 0. The topological polar surface area (TPSA) is 58.6 Å². The Morgan fingerprint density at radius 3 is 2.61 bits per heavy atom. The number of amides is 2. The highest BCUT2D eigenvalue weighted by Gasteiger charge is 2.31. The van der Waals surface area contributed by atoms with E-state index in [1.54, 1.807) is 11.8 Å². The Kier molecular flexibility index (Phi) is 4.28. The molecule has 0 spiro atoms. The lowest BCUT2D eigenvalue weighted by Gasteiger charge is -2.32. The molecular formula is C18H18N2O3. The fourth-order valence-electron chi connectivity index (χ4n) is 2.55. The van der Waals surface area contributed by atoms with E-state index in [9.17, 15) is 9.59 Å². The Morgan fingerprint density at radius 2 is 1.83 bits per heavy atom. The zero-order chi connectivity index (χ0) is 16.2. The molecule has 0 fully saturated rings. The SMILES string of the molecule is C[C@H]1Oc2ccccc2N(CCC(=O)Nc2ccccc2)C1=O. The third-order valence-corrected chi connectivity index (χ3v) is 3.69. The van der Waals surface area contributed by atoms with Gasteiger partial charge in [0.15, 0.2) is 6.10 Å². The fourth-order valence-corrected chi connectivity index (χ4v) is 2.55. The van der Waals surface area contributed by atoms with Gasteiger partial charge in [-0.15, -0.1) is 0 Å². The van der Waals surface area contributed by atoms with Crippen LogP contribution in [-0.2, 0) is 9.59 Å². The highest BCUT2D eigenvalue weighted by atomic mass is 16.5. The number of carbonyl (C=O) groups is 2. The van der Waals surface area contributed by atoms with Gasteiger partial charge in [0.1, 0.15) is 5.75 Å². The molecular weight excluding hydrogens is 292 g/mol. The van der Waals surface area contributed by atoms with Crippen LogP contribution in [0.2, 0.25) is 0 Å². The van der Waals surface area contributed by atoms with Crippen LogP contribution in [0.25, 0.3) is 0 Å². The summed E-state index contributed by atoms with van der Waals surface area (Å²) in [6.07, 6.45) is -0.316. The van der Waals surface area contributed by atoms with Crippen molar-refractivity contribution in [3.05, 3.63) is 54.6 Å². The standard InChI is InChI=1S/C18H18N2O3/c1-13-18(22)20(15-9-5-6-10-16(15)23-13)12-11-17(21)19-14-7-3-2-4-8-14/h2-10,13H,11-12H2,1H3,(H,19,21)/t13-/m1/s1. The number of nitrogens with zero attached hydrogens (tertiary/aromatic N) is 1. The third kappa shape index (κ3) is 3.34. The van der Waals surface area contributed by atoms with Gasteiger partial charge in [0.05, 0.1) is 5.69 Å². The minimum Gasteiger partial charge on any atom is -0.479 e. The van der Waals surface area contributed by atoms with Crippen molar-refractivity contribution in [2.24, 2.45) is 0 Å². The first-order valence-corrected chi connectivity index (χ1v) is 7.57. The van der Waals surface area contributed by atoms with Crippen molar-refractivity contribution in [2.75, 3.05) is 16.8 Å². The molecule has 0 unspecified atom stereocenters. The van der Waals surface area contributed by atoms with E-state index in [2.05, 4.69) is 5.32 Å². The Bertz CT molecular complexity index is 715. The van der Waals surface area contributed by atoms with E-state index in [0.29, 0.717) is 18.0 Å². The summed E-state index contributed by atoms with van der Waals surface area (Å²) in [4.78, 5) is 26.0. The quantitative estimate of drug-likeness (QED) is 0.944. The molecule has 1 aliphatic heterocycles. The van der Waals surface area contributed by atoms with Crippen molar-refractivity contribution in [3.8, 4) is 5.75 Å². The molecule has 1 N–H and O–H groups in total. The molecule has 2 amide bonds. The van der Waals surface area contributed by atoms with Gasteiger partial charge in [0.2, 0.25) is 5.91 Å². The lowest BCUT2D eigenvalue weighted by molar-refractivity contribution is -0.125. The van der Waals surface area contributed by atoms with Crippen molar-refractivity contribution in [1.82, 2.24) is 0 Å². The summed E-state index contributed by atoms with van der Waals surface area (Å²) in [5.41, 5.74) is 1.46. The number of rotatable bonds is 4. The minimum atomic E-state index is -0.540. The molecule has 0 saturated carbocycles. The Balaban J connectivity index is 1.67. The van der Waals surface area contributed by atoms with Crippen molar-refractivity contribution in [2.45, 2.75) is 19.4 Å². The molecule has 0 saturated heterocycles. The summed E-state index contributed by atoms with van der Waals surface area (Å²) in [7, 11) is 0. The van der Waals surface area contributed by atoms with Gasteiger partial charge < -0.3 is 15.0 Å². The summed E-state index contributed by atoms with van der Waals surface area (Å²) in [5.74, 6) is 0.417. The molecule has 0 radical (unpaired) electrons. The molecule has 0 bridgehead atoms. The van der Waals surface area contributed by atoms with Crippen molar-refractivity contribution in [1.29, 1.82) is 0 Å². The largest absolute Gasteiger partial charge is 0.479 e. The molecule has 5 heteroatoms. The van der Waals surface area contributed by atoms with Crippen LogP contribution in [0, 0.1) is 0 Å². The maximum atomic E-state index is 12.3. The predicted molar refractivity (Wildman–Crippen MR) is 88.6 cm³/mol. The number of hydrogen-bond acceptors (Lipinski definition) is 3. The van der Waals surface area contributed by atoms with Crippen molar-refractivity contribution in [3.63, 3.8) is 0 Å². The van der Waals surface area contributed by atoms with Crippen LogP contribution >= 0.6 is 0 Å². The van der Waals surface area contributed by atoms with Gasteiger partial charge in [-0.2, -0.15) is 0 Å². The smallest absolute Gasteiger partial charge is 0.267 e. The maximum absolute atomic E-state index is 12.3. The second-order valence-corrected chi connectivity index (χ2v) is 5.38. The highest BCUT2D eigenvalue weighted by Crippen LogP contribution is 2.33. The number of para-hydroxylation sites is 3. The molecule has 3 rings (SSSR count). The zero-order valence-corrected chi connectivity index (χ0v) is 12.9. The molecule has 23 heavy (non-hydrogen) atoms. The predicted octanol–water partition coefficient (Wildman–Crippen LogP) is 2.83. The first kappa shape index (κ1) is 15.1. The number of hydrogen-bond donors (Lipinski definition) is 1. The van der Waals surface area contributed by atoms with Crippen LogP contribution in [0.1, 0.15) is 13.3 Å².